The number of hydrogen-bond donors (Lipinski definition) is 1. The number of nitrogens with one attached hydrogen (secondary N) is 1. The Morgan fingerprint density at radius 3 is 2.82 bits per heavy atom. The molecule has 0 spiro atoms. The van der Waals surface area contributed by atoms with Crippen molar-refractivity contribution >= 4 is 0 Å². The first kappa shape index (κ1) is 8.62. The van der Waals surface area contributed by atoms with E-state index in [1.54, 1.807) is 0 Å². The highest BCUT2D eigenvalue weighted by Crippen LogP contribution is 2.33. The molecule has 11 heavy (non-hydrogen) atoms. The summed E-state index contributed by atoms with van der Waals surface area (Å²) in [4.78, 5) is 0. The lowest BCUT2D eigenvalue weighted by Gasteiger charge is -2.09. The highest BCUT2D eigenvalue weighted by Gasteiger charge is 2.22. The first-order valence-corrected chi connectivity index (χ1v) is 4.46. The van der Waals surface area contributed by atoms with Crippen molar-refractivity contribution in [2.24, 2.45) is 5.92 Å². The largest absolute Gasteiger partial charge is 0.304 e. The fourth-order valence-electron chi connectivity index (χ4n) is 1.25. The van der Waals surface area contributed by atoms with Crippen molar-refractivity contribution in [3.8, 4) is 11.8 Å². The van der Waals surface area contributed by atoms with E-state index in [2.05, 4.69) is 24.1 Å². The molecule has 0 saturated heterocycles. The van der Waals surface area contributed by atoms with Crippen LogP contribution in [-0.4, -0.2) is 12.6 Å². The van der Waals surface area contributed by atoms with E-state index in [1.807, 2.05) is 6.92 Å². The Hall–Kier alpha value is -0.480. The second kappa shape index (κ2) is 4.41. The fraction of sp³-hybridized carbons (Fsp3) is 0.800. The lowest BCUT2D eigenvalue weighted by Crippen LogP contribution is -2.26. The van der Waals surface area contributed by atoms with E-state index < -0.39 is 0 Å². The summed E-state index contributed by atoms with van der Waals surface area (Å²) >= 11 is 0. The Labute approximate surface area is 69.6 Å². The Morgan fingerprint density at radius 1 is 1.55 bits per heavy atom. The van der Waals surface area contributed by atoms with Crippen LogP contribution in [-0.2, 0) is 0 Å². The smallest absolute Gasteiger partial charge is 0.0578 e. The standard InChI is InChI=1S/C10H17N/c1-3-4-7-11-9(2)8-10-5-6-10/h9-11H,5-8H2,1-2H3. The molecule has 1 fully saturated rings. The van der Waals surface area contributed by atoms with Crippen LogP contribution in [0.3, 0.4) is 0 Å². The van der Waals surface area contributed by atoms with Crippen molar-refractivity contribution in [2.45, 2.75) is 39.2 Å². The molecular formula is C10H17N. The summed E-state index contributed by atoms with van der Waals surface area (Å²) in [7, 11) is 0. The summed E-state index contributed by atoms with van der Waals surface area (Å²) < 4.78 is 0. The van der Waals surface area contributed by atoms with Gasteiger partial charge in [-0.15, -0.1) is 5.92 Å². The summed E-state index contributed by atoms with van der Waals surface area (Å²) in [5, 5.41) is 3.38. The first-order chi connectivity index (χ1) is 5.33. The molecule has 1 unspecified atom stereocenters. The zero-order valence-corrected chi connectivity index (χ0v) is 7.48. The summed E-state index contributed by atoms with van der Waals surface area (Å²) in [5.41, 5.74) is 0. The molecule has 1 heteroatoms. The normalized spacial score (nSPS) is 18.7. The highest BCUT2D eigenvalue weighted by atomic mass is 14.9. The van der Waals surface area contributed by atoms with Crippen molar-refractivity contribution in [3.63, 3.8) is 0 Å². The van der Waals surface area contributed by atoms with Crippen LogP contribution in [0.5, 0.6) is 0 Å². The minimum absolute atomic E-state index is 0.656. The third kappa shape index (κ3) is 4.06. The predicted octanol–water partition coefficient (Wildman–Crippen LogP) is 1.79. The van der Waals surface area contributed by atoms with Crippen molar-refractivity contribution in [3.05, 3.63) is 0 Å². The van der Waals surface area contributed by atoms with Gasteiger partial charge >= 0.3 is 0 Å². The van der Waals surface area contributed by atoms with Gasteiger partial charge in [-0.2, -0.15) is 0 Å². The molecule has 1 rings (SSSR count). The zero-order valence-electron chi connectivity index (χ0n) is 7.48. The lowest BCUT2D eigenvalue weighted by molar-refractivity contribution is 0.514. The summed E-state index contributed by atoms with van der Waals surface area (Å²) in [6.45, 7) is 4.98. The number of hydrogen-bond acceptors (Lipinski definition) is 1. The van der Waals surface area contributed by atoms with E-state index in [0.717, 1.165) is 12.5 Å². The lowest BCUT2D eigenvalue weighted by atomic mass is 10.1. The number of rotatable bonds is 4. The predicted molar refractivity (Wildman–Crippen MR) is 48.3 cm³/mol. The van der Waals surface area contributed by atoms with Gasteiger partial charge in [0.05, 0.1) is 6.54 Å². The molecule has 1 saturated carbocycles. The van der Waals surface area contributed by atoms with Crippen LogP contribution >= 0.6 is 0 Å². The van der Waals surface area contributed by atoms with Gasteiger partial charge in [0.2, 0.25) is 0 Å². The molecule has 0 aromatic rings. The maximum Gasteiger partial charge on any atom is 0.0578 e. The third-order valence-electron chi connectivity index (χ3n) is 2.10. The van der Waals surface area contributed by atoms with E-state index in [1.165, 1.54) is 19.3 Å². The molecule has 1 atom stereocenters. The van der Waals surface area contributed by atoms with Crippen LogP contribution in [0, 0.1) is 17.8 Å². The zero-order chi connectivity index (χ0) is 8.10. The summed E-state index contributed by atoms with van der Waals surface area (Å²) in [6.07, 6.45) is 4.24. The molecule has 1 N–H and O–H groups in total. The molecule has 1 aliphatic carbocycles. The van der Waals surface area contributed by atoms with Gasteiger partial charge in [-0.25, -0.2) is 0 Å². The maximum atomic E-state index is 3.38. The van der Waals surface area contributed by atoms with Gasteiger partial charge in [0.25, 0.3) is 0 Å². The molecule has 62 valence electrons. The van der Waals surface area contributed by atoms with Crippen molar-refractivity contribution in [1.29, 1.82) is 0 Å². The highest BCUT2D eigenvalue weighted by molar-refractivity contribution is 4.97. The molecule has 0 aromatic carbocycles. The van der Waals surface area contributed by atoms with Gasteiger partial charge in [-0.1, -0.05) is 18.8 Å². The monoisotopic (exact) mass is 151 g/mol. The van der Waals surface area contributed by atoms with E-state index in [4.69, 9.17) is 0 Å². The Morgan fingerprint density at radius 2 is 2.27 bits per heavy atom. The average molecular weight is 151 g/mol. The quantitative estimate of drug-likeness (QED) is 0.604. The van der Waals surface area contributed by atoms with Crippen LogP contribution in [0.25, 0.3) is 0 Å². The van der Waals surface area contributed by atoms with Crippen LogP contribution in [0.4, 0.5) is 0 Å². The van der Waals surface area contributed by atoms with Gasteiger partial charge in [-0.3, -0.25) is 0 Å². The summed E-state index contributed by atoms with van der Waals surface area (Å²) in [6, 6.07) is 0.656. The summed E-state index contributed by atoms with van der Waals surface area (Å²) in [5.74, 6) is 6.91. The average Bonchev–Trinajstić information content (AvgIpc) is 2.72. The van der Waals surface area contributed by atoms with Crippen LogP contribution < -0.4 is 5.32 Å². The Bertz CT molecular complexity index is 159. The minimum Gasteiger partial charge on any atom is -0.304 e. The Balaban J connectivity index is 1.98. The SMILES string of the molecule is CC#CCNC(C)CC1CC1. The molecule has 0 heterocycles. The third-order valence-corrected chi connectivity index (χ3v) is 2.10. The first-order valence-electron chi connectivity index (χ1n) is 4.46. The van der Waals surface area contributed by atoms with Crippen molar-refractivity contribution < 1.29 is 0 Å². The van der Waals surface area contributed by atoms with Gasteiger partial charge in [-0.05, 0) is 26.2 Å². The van der Waals surface area contributed by atoms with Gasteiger partial charge in [0.1, 0.15) is 0 Å². The molecule has 0 bridgehead atoms. The maximum absolute atomic E-state index is 3.38. The van der Waals surface area contributed by atoms with Crippen LogP contribution in [0.1, 0.15) is 33.1 Å². The van der Waals surface area contributed by atoms with Crippen molar-refractivity contribution in [1.82, 2.24) is 5.32 Å². The van der Waals surface area contributed by atoms with Crippen molar-refractivity contribution in [2.75, 3.05) is 6.54 Å². The van der Waals surface area contributed by atoms with E-state index in [9.17, 15) is 0 Å². The molecular weight excluding hydrogens is 134 g/mol. The molecule has 1 aliphatic rings. The van der Waals surface area contributed by atoms with E-state index >= 15 is 0 Å². The molecule has 0 radical (unpaired) electrons. The van der Waals surface area contributed by atoms with Crippen LogP contribution in [0.15, 0.2) is 0 Å². The molecule has 0 aromatic heterocycles. The van der Waals surface area contributed by atoms with Gasteiger partial charge in [0, 0.05) is 6.04 Å². The molecule has 0 amide bonds. The Kier molecular flexibility index (Phi) is 3.45. The van der Waals surface area contributed by atoms with Gasteiger partial charge < -0.3 is 5.32 Å². The second-order valence-corrected chi connectivity index (χ2v) is 3.39. The van der Waals surface area contributed by atoms with Crippen LogP contribution in [0.2, 0.25) is 0 Å². The van der Waals surface area contributed by atoms with Gasteiger partial charge in [0.15, 0.2) is 0 Å². The molecule has 1 nitrogen and oxygen atoms in total. The minimum atomic E-state index is 0.656. The van der Waals surface area contributed by atoms with E-state index in [-0.39, 0.29) is 0 Å². The topological polar surface area (TPSA) is 12.0 Å². The van der Waals surface area contributed by atoms with E-state index in [0.29, 0.717) is 6.04 Å². The fourth-order valence-corrected chi connectivity index (χ4v) is 1.25. The molecule has 0 aliphatic heterocycles. The second-order valence-electron chi connectivity index (χ2n) is 3.39.